The van der Waals surface area contributed by atoms with Gasteiger partial charge in [0.15, 0.2) is 0 Å². The van der Waals surface area contributed by atoms with Gasteiger partial charge in [-0.2, -0.15) is 0 Å². The number of allylic oxidation sites excluding steroid dienone is 9. The summed E-state index contributed by atoms with van der Waals surface area (Å²) in [5.74, 6) is 0.192. The number of benzene rings is 4. The van der Waals surface area contributed by atoms with Gasteiger partial charge in [-0.25, -0.2) is 0 Å². The minimum atomic E-state index is 0.192. The molecule has 1 unspecified atom stereocenters. The maximum absolute atomic E-state index is 4.47. The molecule has 1 aliphatic heterocycles. The van der Waals surface area contributed by atoms with Crippen LogP contribution in [0.25, 0.3) is 44.2 Å². The number of rotatable bonds is 5. The topological polar surface area (TPSA) is 8.17 Å². The van der Waals surface area contributed by atoms with Crippen LogP contribution in [0.2, 0.25) is 0 Å². The molecule has 0 saturated carbocycles. The van der Waals surface area contributed by atoms with Gasteiger partial charge in [-0.1, -0.05) is 73.3 Å². The van der Waals surface area contributed by atoms with Crippen molar-refractivity contribution in [2.75, 3.05) is 6.26 Å². The Bertz CT molecular complexity index is 2240. The van der Waals surface area contributed by atoms with Gasteiger partial charge in [0.25, 0.3) is 0 Å². The molecule has 3 heteroatoms. The van der Waals surface area contributed by atoms with E-state index in [1.807, 2.05) is 12.2 Å². The average molecular weight is 597 g/mol. The molecule has 1 atom stereocenters. The number of aromatic nitrogens is 1. The molecule has 0 spiro atoms. The maximum Gasteiger partial charge on any atom is 0.0541 e. The van der Waals surface area contributed by atoms with E-state index in [9.17, 15) is 0 Å². The highest BCUT2D eigenvalue weighted by Crippen LogP contribution is 2.41. The quantitative estimate of drug-likeness (QED) is 0.147. The Morgan fingerprint density at radius 3 is 2.51 bits per heavy atom. The summed E-state index contributed by atoms with van der Waals surface area (Å²) in [7, 11) is 0. The van der Waals surface area contributed by atoms with Crippen molar-refractivity contribution >= 4 is 39.1 Å². The lowest BCUT2D eigenvalue weighted by Crippen LogP contribution is -2.24. The van der Waals surface area contributed by atoms with Gasteiger partial charge in [-0.05, 0) is 107 Å². The molecule has 0 fully saturated rings. The van der Waals surface area contributed by atoms with Crippen molar-refractivity contribution in [2.24, 2.45) is 5.92 Å². The van der Waals surface area contributed by atoms with Gasteiger partial charge in [0.1, 0.15) is 0 Å². The minimum Gasteiger partial charge on any atom is -0.320 e. The molecule has 0 radical (unpaired) electrons. The molecule has 8 rings (SSSR count). The number of thioether (sulfide) groups is 1. The molecule has 2 aliphatic carbocycles. The first-order valence-corrected chi connectivity index (χ1v) is 16.6. The molecule has 2 nitrogen and oxygen atoms in total. The maximum atomic E-state index is 4.47. The lowest BCUT2D eigenvalue weighted by atomic mass is 9.81. The monoisotopic (exact) mass is 596 g/mol. The number of hydrogen-bond acceptors (Lipinski definition) is 2. The highest BCUT2D eigenvalue weighted by Gasteiger charge is 2.27. The van der Waals surface area contributed by atoms with Crippen LogP contribution < -0.4 is 0 Å². The van der Waals surface area contributed by atoms with Crippen LogP contribution in [0.15, 0.2) is 180 Å². The molecule has 0 saturated heterocycles. The summed E-state index contributed by atoms with van der Waals surface area (Å²) in [4.78, 5) is 3.53. The Morgan fingerprint density at radius 1 is 0.778 bits per heavy atom. The predicted octanol–water partition coefficient (Wildman–Crippen LogP) is 11.0. The summed E-state index contributed by atoms with van der Waals surface area (Å²) in [6, 6.07) is 33.5. The van der Waals surface area contributed by atoms with E-state index in [-0.39, 0.29) is 5.92 Å². The molecule has 5 aromatic rings. The smallest absolute Gasteiger partial charge is 0.0541 e. The number of nitrogens with zero attached hydrogens (tertiary/aromatic N) is 2. The minimum absolute atomic E-state index is 0.192. The van der Waals surface area contributed by atoms with Crippen molar-refractivity contribution in [1.29, 1.82) is 0 Å². The van der Waals surface area contributed by atoms with E-state index in [2.05, 4.69) is 162 Å². The third kappa shape index (κ3) is 4.87. The fourth-order valence-electron chi connectivity index (χ4n) is 6.77. The van der Waals surface area contributed by atoms with Gasteiger partial charge in [0.05, 0.1) is 16.7 Å². The summed E-state index contributed by atoms with van der Waals surface area (Å²) in [6.07, 6.45) is 22.1. The van der Waals surface area contributed by atoms with Crippen LogP contribution in [0.4, 0.5) is 0 Å². The lowest BCUT2D eigenvalue weighted by molar-refractivity contribution is 0.502. The standard InChI is InChI=1S/C42H32N2S/c1-29-11-7-8-24-43(34-14-3-4-15-34)40-22-20-32(26-38(29)40)30-12-9-13-31(25-30)33-21-23-42-39(27-33)37-18-5-6-19-41(37)44(42)35-16-10-17-36(28-35)45-2/h3,5-25,27-28,38H,1,26H2,2H3/b11-7-,24-8-. The molecule has 4 aromatic carbocycles. The SMILES string of the molecule is C=C1/C=C\C=C/N(C2=CC=C=C2)C2=CC=C(c3cccc(-c4ccc5c(c4)c4ccccc4n5-c4cccc(SC)c4)c3)CC12. The number of hydrogen-bond donors (Lipinski definition) is 0. The molecular weight excluding hydrogens is 565 g/mol. The number of para-hydroxylation sites is 1. The first-order valence-electron chi connectivity index (χ1n) is 15.3. The highest BCUT2D eigenvalue weighted by atomic mass is 32.2. The van der Waals surface area contributed by atoms with Crippen LogP contribution >= 0.6 is 11.8 Å². The van der Waals surface area contributed by atoms with Crippen molar-refractivity contribution in [3.63, 3.8) is 0 Å². The van der Waals surface area contributed by atoms with Crippen LogP contribution in [-0.4, -0.2) is 15.7 Å². The van der Waals surface area contributed by atoms with Crippen molar-refractivity contribution in [3.05, 3.63) is 181 Å². The molecule has 0 bridgehead atoms. The predicted molar refractivity (Wildman–Crippen MR) is 192 cm³/mol. The molecule has 1 aromatic heterocycles. The second-order valence-electron chi connectivity index (χ2n) is 11.6. The Morgan fingerprint density at radius 2 is 1.62 bits per heavy atom. The van der Waals surface area contributed by atoms with E-state index in [4.69, 9.17) is 0 Å². The van der Waals surface area contributed by atoms with Crippen LogP contribution in [0.3, 0.4) is 0 Å². The molecular formula is C42H32N2S. The molecule has 3 aliphatic rings. The van der Waals surface area contributed by atoms with Crippen molar-refractivity contribution in [2.45, 2.75) is 11.3 Å². The van der Waals surface area contributed by atoms with E-state index in [0.29, 0.717) is 0 Å². The van der Waals surface area contributed by atoms with E-state index >= 15 is 0 Å². The fraction of sp³-hybridized carbons (Fsp3) is 0.0714. The zero-order valence-electron chi connectivity index (χ0n) is 25.2. The normalized spacial score (nSPS) is 18.8. The summed E-state index contributed by atoms with van der Waals surface area (Å²) >= 11 is 1.78. The molecule has 0 N–H and O–H groups in total. The number of fused-ring (bicyclic) bond motifs is 4. The molecule has 0 amide bonds. The van der Waals surface area contributed by atoms with E-state index < -0.39 is 0 Å². The first kappa shape index (κ1) is 27.3. The lowest BCUT2D eigenvalue weighted by Gasteiger charge is -2.34. The van der Waals surface area contributed by atoms with Gasteiger partial charge in [0, 0.05) is 45.2 Å². The van der Waals surface area contributed by atoms with Gasteiger partial charge < -0.3 is 9.47 Å². The van der Waals surface area contributed by atoms with Crippen molar-refractivity contribution < 1.29 is 0 Å². The Kier molecular flexibility index (Phi) is 6.91. The van der Waals surface area contributed by atoms with Gasteiger partial charge in [-0.3, -0.25) is 0 Å². The second kappa shape index (κ2) is 11.4. The summed E-state index contributed by atoms with van der Waals surface area (Å²) < 4.78 is 2.39. The third-order valence-corrected chi connectivity index (χ3v) is 9.75. The summed E-state index contributed by atoms with van der Waals surface area (Å²) in [5, 5.41) is 2.53. The van der Waals surface area contributed by atoms with Gasteiger partial charge in [0.2, 0.25) is 0 Å². The van der Waals surface area contributed by atoms with E-state index in [1.165, 1.54) is 60.3 Å². The average Bonchev–Trinajstić information content (AvgIpc) is 3.74. The van der Waals surface area contributed by atoms with E-state index in [1.54, 1.807) is 11.8 Å². The Balaban J connectivity index is 1.19. The molecule has 216 valence electrons. The fourth-order valence-corrected chi connectivity index (χ4v) is 7.23. The highest BCUT2D eigenvalue weighted by molar-refractivity contribution is 7.98. The van der Waals surface area contributed by atoms with Crippen LogP contribution in [0, 0.1) is 5.92 Å². The van der Waals surface area contributed by atoms with Crippen molar-refractivity contribution in [3.8, 4) is 16.8 Å². The van der Waals surface area contributed by atoms with Crippen LogP contribution in [0.1, 0.15) is 12.0 Å². The third-order valence-electron chi connectivity index (χ3n) is 9.03. The Labute approximate surface area is 268 Å². The van der Waals surface area contributed by atoms with Crippen LogP contribution in [0.5, 0.6) is 0 Å². The zero-order valence-corrected chi connectivity index (χ0v) is 26.0. The molecule has 45 heavy (non-hydrogen) atoms. The summed E-state index contributed by atoms with van der Waals surface area (Å²) in [6.45, 7) is 4.47. The first-order chi connectivity index (χ1) is 22.2. The van der Waals surface area contributed by atoms with Crippen molar-refractivity contribution in [1.82, 2.24) is 9.47 Å². The summed E-state index contributed by atoms with van der Waals surface area (Å²) in [5.41, 5.74) is 15.3. The largest absolute Gasteiger partial charge is 0.320 e. The van der Waals surface area contributed by atoms with E-state index in [0.717, 1.165) is 17.7 Å². The van der Waals surface area contributed by atoms with Crippen LogP contribution in [-0.2, 0) is 0 Å². The van der Waals surface area contributed by atoms with Gasteiger partial charge >= 0.3 is 0 Å². The molecule has 2 heterocycles. The second-order valence-corrected chi connectivity index (χ2v) is 12.5. The van der Waals surface area contributed by atoms with Gasteiger partial charge in [-0.15, -0.1) is 17.5 Å². The Hall–Kier alpha value is -5.21. The zero-order chi connectivity index (χ0) is 30.3.